The molecule has 1 saturated carbocycles. The van der Waals surface area contributed by atoms with E-state index in [0.29, 0.717) is 18.0 Å². The minimum absolute atomic E-state index is 0.325. The Morgan fingerprint density at radius 3 is 2.75 bits per heavy atom. The predicted molar refractivity (Wildman–Crippen MR) is 95.2 cm³/mol. The summed E-state index contributed by atoms with van der Waals surface area (Å²) in [5.74, 6) is 1.70. The zero-order valence-electron chi connectivity index (χ0n) is 13.7. The quantitative estimate of drug-likeness (QED) is 0.893. The highest BCUT2D eigenvalue weighted by Crippen LogP contribution is 2.34. The van der Waals surface area contributed by atoms with Crippen molar-refractivity contribution < 1.29 is 9.47 Å². The molecule has 6 heteroatoms. The highest BCUT2D eigenvalue weighted by Gasteiger charge is 2.23. The zero-order valence-corrected chi connectivity index (χ0v) is 14.6. The van der Waals surface area contributed by atoms with Crippen LogP contribution in [0.2, 0.25) is 0 Å². The van der Waals surface area contributed by atoms with Crippen LogP contribution in [0.15, 0.2) is 24.4 Å². The average Bonchev–Trinajstić information content (AvgIpc) is 3.23. The molecule has 2 aromatic rings. The molecule has 0 atom stereocenters. The first-order valence-electron chi connectivity index (χ1n) is 8.61. The topological polar surface area (TPSA) is 60.6 Å². The number of hydrogen-bond donors (Lipinski definition) is 1. The highest BCUT2D eigenvalue weighted by molar-refractivity contribution is 7.15. The summed E-state index contributed by atoms with van der Waals surface area (Å²) in [7, 11) is 0. The van der Waals surface area contributed by atoms with E-state index in [0.717, 1.165) is 24.6 Å². The lowest BCUT2D eigenvalue weighted by atomic mass is 9.93. The van der Waals surface area contributed by atoms with Gasteiger partial charge in [0.1, 0.15) is 0 Å². The Morgan fingerprint density at radius 2 is 1.96 bits per heavy atom. The van der Waals surface area contributed by atoms with Crippen molar-refractivity contribution in [1.82, 2.24) is 9.88 Å². The first-order valence-corrected chi connectivity index (χ1v) is 9.42. The average molecular weight is 345 g/mol. The van der Waals surface area contributed by atoms with Crippen molar-refractivity contribution in [3.05, 3.63) is 34.8 Å². The van der Waals surface area contributed by atoms with Crippen LogP contribution < -0.4 is 15.2 Å². The number of nitrogen functional groups attached to an aromatic ring is 1. The fourth-order valence-corrected chi connectivity index (χ4v) is 4.34. The molecule has 1 aliphatic heterocycles. The summed E-state index contributed by atoms with van der Waals surface area (Å²) in [6.45, 7) is 2.15. The largest absolute Gasteiger partial charge is 0.454 e. The van der Waals surface area contributed by atoms with Gasteiger partial charge in [-0.25, -0.2) is 4.98 Å². The van der Waals surface area contributed by atoms with E-state index in [9.17, 15) is 0 Å². The van der Waals surface area contributed by atoms with E-state index in [2.05, 4.69) is 22.0 Å². The van der Waals surface area contributed by atoms with Crippen LogP contribution in [0.1, 0.15) is 42.5 Å². The molecule has 2 aliphatic rings. The Labute approximate surface area is 146 Å². The van der Waals surface area contributed by atoms with Crippen molar-refractivity contribution in [2.75, 3.05) is 12.5 Å². The molecular weight excluding hydrogens is 322 g/mol. The maximum Gasteiger partial charge on any atom is 0.231 e. The fraction of sp³-hybridized carbons (Fsp3) is 0.500. The third-order valence-electron chi connectivity index (χ3n) is 4.84. The van der Waals surface area contributed by atoms with Crippen molar-refractivity contribution in [1.29, 1.82) is 0 Å². The molecule has 1 aromatic heterocycles. The zero-order chi connectivity index (χ0) is 16.4. The van der Waals surface area contributed by atoms with Crippen LogP contribution >= 0.6 is 11.3 Å². The molecule has 2 heterocycles. The second-order valence-corrected chi connectivity index (χ2v) is 7.70. The Kier molecular flexibility index (Phi) is 4.58. The Bertz CT molecular complexity index is 697. The number of benzene rings is 1. The summed E-state index contributed by atoms with van der Waals surface area (Å²) in [4.78, 5) is 8.01. The monoisotopic (exact) mass is 345 g/mol. The van der Waals surface area contributed by atoms with Gasteiger partial charge in [0.15, 0.2) is 16.6 Å². The van der Waals surface area contributed by atoms with E-state index in [1.807, 2.05) is 12.3 Å². The number of ether oxygens (including phenoxy) is 2. The molecule has 2 N–H and O–H groups in total. The summed E-state index contributed by atoms with van der Waals surface area (Å²) < 4.78 is 10.9. The summed E-state index contributed by atoms with van der Waals surface area (Å²) in [5, 5.41) is 0.650. The number of nitrogens with zero attached hydrogens (tertiary/aromatic N) is 2. The van der Waals surface area contributed by atoms with Crippen LogP contribution in [0.5, 0.6) is 11.5 Å². The van der Waals surface area contributed by atoms with Crippen molar-refractivity contribution in [2.24, 2.45) is 0 Å². The molecular formula is C18H23N3O2S. The van der Waals surface area contributed by atoms with Gasteiger partial charge in [-0.15, -0.1) is 11.3 Å². The van der Waals surface area contributed by atoms with Crippen molar-refractivity contribution in [3.8, 4) is 11.5 Å². The van der Waals surface area contributed by atoms with Crippen LogP contribution in [-0.4, -0.2) is 22.7 Å². The van der Waals surface area contributed by atoms with Gasteiger partial charge in [0.05, 0.1) is 0 Å². The lowest BCUT2D eigenvalue weighted by molar-refractivity contribution is 0.141. The molecule has 1 fully saturated rings. The van der Waals surface area contributed by atoms with Gasteiger partial charge in [0.2, 0.25) is 6.79 Å². The molecule has 1 aliphatic carbocycles. The fourth-order valence-electron chi connectivity index (χ4n) is 3.63. The molecule has 4 rings (SSSR count). The summed E-state index contributed by atoms with van der Waals surface area (Å²) >= 11 is 1.59. The SMILES string of the molecule is Nc1ncc(CN(Cc2ccc3c(c2)OCO3)C2CCCCC2)s1. The van der Waals surface area contributed by atoms with Crippen molar-refractivity contribution in [2.45, 2.75) is 51.2 Å². The number of fused-ring (bicyclic) bond motifs is 1. The van der Waals surface area contributed by atoms with Gasteiger partial charge in [-0.3, -0.25) is 4.90 Å². The number of thiazole rings is 1. The summed E-state index contributed by atoms with van der Waals surface area (Å²) in [5.41, 5.74) is 7.07. The van der Waals surface area contributed by atoms with E-state index in [4.69, 9.17) is 15.2 Å². The van der Waals surface area contributed by atoms with Crippen LogP contribution in [0.25, 0.3) is 0 Å². The van der Waals surface area contributed by atoms with E-state index >= 15 is 0 Å². The van der Waals surface area contributed by atoms with Gasteiger partial charge in [-0.05, 0) is 30.5 Å². The summed E-state index contributed by atoms with van der Waals surface area (Å²) in [6.07, 6.45) is 8.48. The van der Waals surface area contributed by atoms with Gasteiger partial charge in [0, 0.05) is 30.2 Å². The van der Waals surface area contributed by atoms with Gasteiger partial charge in [-0.2, -0.15) is 0 Å². The molecule has 5 nitrogen and oxygen atoms in total. The molecule has 1 aromatic carbocycles. The van der Waals surface area contributed by atoms with Gasteiger partial charge in [0.25, 0.3) is 0 Å². The van der Waals surface area contributed by atoms with Crippen molar-refractivity contribution in [3.63, 3.8) is 0 Å². The van der Waals surface area contributed by atoms with Gasteiger partial charge in [-0.1, -0.05) is 25.3 Å². The predicted octanol–water partition coefficient (Wildman–Crippen LogP) is 3.79. The van der Waals surface area contributed by atoms with Gasteiger partial charge < -0.3 is 15.2 Å². The molecule has 0 unspecified atom stereocenters. The van der Waals surface area contributed by atoms with Crippen molar-refractivity contribution >= 4 is 16.5 Å². The van der Waals surface area contributed by atoms with Crippen LogP contribution in [0, 0.1) is 0 Å². The number of rotatable bonds is 5. The number of nitrogens with two attached hydrogens (primary N) is 1. The molecule has 0 bridgehead atoms. The minimum Gasteiger partial charge on any atom is -0.454 e. The molecule has 0 amide bonds. The molecule has 0 spiro atoms. The maximum absolute atomic E-state index is 5.81. The standard InChI is InChI=1S/C18H23N3O2S/c19-18-20-9-15(24-18)11-21(14-4-2-1-3-5-14)10-13-6-7-16-17(8-13)23-12-22-16/h6-9,14H,1-5,10-12H2,(H2,19,20). The maximum atomic E-state index is 5.81. The minimum atomic E-state index is 0.325. The number of aromatic nitrogens is 1. The lowest BCUT2D eigenvalue weighted by Gasteiger charge is -2.34. The van der Waals surface area contributed by atoms with Crippen LogP contribution in [0.4, 0.5) is 5.13 Å². The third kappa shape index (κ3) is 3.49. The number of hydrogen-bond acceptors (Lipinski definition) is 6. The van der Waals surface area contributed by atoms with Crippen LogP contribution in [-0.2, 0) is 13.1 Å². The lowest BCUT2D eigenvalue weighted by Crippen LogP contribution is -2.35. The molecule has 128 valence electrons. The third-order valence-corrected chi connectivity index (χ3v) is 5.66. The Balaban J connectivity index is 1.52. The Hall–Kier alpha value is -1.79. The molecule has 0 radical (unpaired) electrons. The smallest absolute Gasteiger partial charge is 0.231 e. The van der Waals surface area contributed by atoms with Gasteiger partial charge >= 0.3 is 0 Å². The van der Waals surface area contributed by atoms with E-state index in [-0.39, 0.29) is 0 Å². The van der Waals surface area contributed by atoms with E-state index < -0.39 is 0 Å². The second-order valence-electron chi connectivity index (χ2n) is 6.55. The highest BCUT2D eigenvalue weighted by atomic mass is 32.1. The second kappa shape index (κ2) is 6.99. The molecule has 24 heavy (non-hydrogen) atoms. The van der Waals surface area contributed by atoms with E-state index in [1.54, 1.807) is 11.3 Å². The van der Waals surface area contributed by atoms with Crippen LogP contribution in [0.3, 0.4) is 0 Å². The van der Waals surface area contributed by atoms with E-state index in [1.165, 1.54) is 42.5 Å². The normalized spacial score (nSPS) is 17.5. The summed E-state index contributed by atoms with van der Waals surface area (Å²) in [6, 6.07) is 6.90. The molecule has 0 saturated heterocycles. The first-order chi connectivity index (χ1) is 11.8. The Morgan fingerprint density at radius 1 is 1.12 bits per heavy atom. The number of anilines is 1. The first kappa shape index (κ1) is 15.7.